The van der Waals surface area contributed by atoms with E-state index >= 15 is 0 Å². The summed E-state index contributed by atoms with van der Waals surface area (Å²) in [7, 11) is 0. The lowest BCUT2D eigenvalue weighted by atomic mass is 10.1. The number of piperidine rings is 1. The van der Waals surface area contributed by atoms with E-state index in [1.54, 1.807) is 17.7 Å². The molecule has 2 N–H and O–H groups in total. The summed E-state index contributed by atoms with van der Waals surface area (Å²) in [6, 6.07) is 2.61. The number of hydrogen-bond donors (Lipinski definition) is 2. The van der Waals surface area contributed by atoms with Gasteiger partial charge in [0.2, 0.25) is 0 Å². The van der Waals surface area contributed by atoms with Crippen molar-refractivity contribution >= 4 is 27.4 Å². The van der Waals surface area contributed by atoms with Crippen molar-refractivity contribution in [2.45, 2.75) is 25.3 Å². The Labute approximate surface area is 104 Å². The van der Waals surface area contributed by atoms with Crippen LogP contribution in [0.5, 0.6) is 0 Å². The van der Waals surface area contributed by atoms with E-state index in [1.165, 1.54) is 19.3 Å². The van der Waals surface area contributed by atoms with Gasteiger partial charge in [-0.3, -0.25) is 0 Å². The highest BCUT2D eigenvalue weighted by atomic mass is 32.1. The molecule has 2 aromatic rings. The normalized spacial score (nSPS) is 20.6. The average molecular weight is 248 g/mol. The molecule has 0 spiro atoms. The summed E-state index contributed by atoms with van der Waals surface area (Å²) in [5, 5.41) is 9.03. The Hall–Kier alpha value is -1.20. The van der Waals surface area contributed by atoms with Gasteiger partial charge < -0.3 is 10.6 Å². The first-order valence-electron chi connectivity index (χ1n) is 6.09. The second-order valence-corrected chi connectivity index (χ2v) is 5.30. The first-order valence-corrected chi connectivity index (χ1v) is 6.97. The van der Waals surface area contributed by atoms with Crippen LogP contribution >= 0.6 is 11.3 Å². The zero-order chi connectivity index (χ0) is 11.5. The van der Waals surface area contributed by atoms with Crippen molar-refractivity contribution in [3.63, 3.8) is 0 Å². The highest BCUT2D eigenvalue weighted by Gasteiger charge is 2.13. The third kappa shape index (κ3) is 2.40. The Balaban J connectivity index is 1.69. The van der Waals surface area contributed by atoms with Gasteiger partial charge in [-0.25, -0.2) is 9.97 Å². The van der Waals surface area contributed by atoms with Gasteiger partial charge >= 0.3 is 0 Å². The van der Waals surface area contributed by atoms with Gasteiger partial charge in [-0.2, -0.15) is 0 Å². The van der Waals surface area contributed by atoms with Crippen LogP contribution in [0.2, 0.25) is 0 Å². The molecule has 0 saturated carbocycles. The molecular weight excluding hydrogens is 232 g/mol. The quantitative estimate of drug-likeness (QED) is 0.874. The van der Waals surface area contributed by atoms with Crippen LogP contribution in [-0.2, 0) is 0 Å². The van der Waals surface area contributed by atoms with Crippen molar-refractivity contribution in [2.75, 3.05) is 18.4 Å². The van der Waals surface area contributed by atoms with Crippen LogP contribution in [0.1, 0.15) is 19.3 Å². The van der Waals surface area contributed by atoms with Crippen molar-refractivity contribution in [3.05, 3.63) is 17.8 Å². The lowest BCUT2D eigenvalue weighted by molar-refractivity contribution is 0.414. The number of thiophene rings is 1. The number of rotatable bonds is 3. The Morgan fingerprint density at radius 1 is 1.41 bits per heavy atom. The topological polar surface area (TPSA) is 49.8 Å². The summed E-state index contributed by atoms with van der Waals surface area (Å²) in [5.41, 5.74) is 1.03. The van der Waals surface area contributed by atoms with E-state index in [-0.39, 0.29) is 0 Å². The molecule has 0 bridgehead atoms. The van der Waals surface area contributed by atoms with Gasteiger partial charge in [0, 0.05) is 12.6 Å². The molecule has 0 aliphatic carbocycles. The molecule has 2 aromatic heterocycles. The summed E-state index contributed by atoms with van der Waals surface area (Å²) in [5.74, 6) is 0.970. The largest absolute Gasteiger partial charge is 0.367 e. The van der Waals surface area contributed by atoms with Crippen molar-refractivity contribution < 1.29 is 0 Å². The van der Waals surface area contributed by atoms with E-state index in [4.69, 9.17) is 0 Å². The average Bonchev–Trinajstić information content (AvgIpc) is 2.86. The Morgan fingerprint density at radius 2 is 2.41 bits per heavy atom. The number of nitrogens with zero attached hydrogens (tertiary/aromatic N) is 2. The van der Waals surface area contributed by atoms with Gasteiger partial charge in [0.15, 0.2) is 0 Å². The van der Waals surface area contributed by atoms with Gasteiger partial charge in [0.1, 0.15) is 12.1 Å². The molecule has 0 radical (unpaired) electrons. The fourth-order valence-electron chi connectivity index (χ4n) is 2.23. The number of aromatic nitrogens is 2. The highest BCUT2D eigenvalue weighted by molar-refractivity contribution is 7.17. The van der Waals surface area contributed by atoms with Gasteiger partial charge in [0.05, 0.1) is 10.2 Å². The van der Waals surface area contributed by atoms with Crippen LogP contribution < -0.4 is 10.6 Å². The fourth-order valence-corrected chi connectivity index (χ4v) is 3.04. The Kier molecular flexibility index (Phi) is 3.20. The van der Waals surface area contributed by atoms with Crippen LogP contribution in [0.4, 0.5) is 5.82 Å². The third-order valence-electron chi connectivity index (χ3n) is 3.17. The molecule has 17 heavy (non-hydrogen) atoms. The highest BCUT2D eigenvalue weighted by Crippen LogP contribution is 2.24. The van der Waals surface area contributed by atoms with E-state index in [0.717, 1.165) is 29.1 Å². The number of fused-ring (bicyclic) bond motifs is 1. The molecule has 1 aliphatic heterocycles. The molecule has 90 valence electrons. The lowest BCUT2D eigenvalue weighted by Gasteiger charge is -2.23. The molecule has 1 saturated heterocycles. The predicted octanol–water partition coefficient (Wildman–Crippen LogP) is 2.25. The number of nitrogens with one attached hydrogen (secondary N) is 2. The standard InChI is InChI=1S/C12H16N4S/c1-2-5-13-9(3-1)7-14-12-11-10(4-6-17-11)15-8-16-12/h4,6,8-9,13H,1-3,5,7H2,(H,14,15,16). The molecule has 1 fully saturated rings. The summed E-state index contributed by atoms with van der Waals surface area (Å²) < 4.78 is 1.16. The monoisotopic (exact) mass is 248 g/mol. The Morgan fingerprint density at radius 3 is 3.29 bits per heavy atom. The number of anilines is 1. The maximum atomic E-state index is 4.32. The molecular formula is C12H16N4S. The molecule has 3 rings (SSSR count). The summed E-state index contributed by atoms with van der Waals surface area (Å²) in [6.45, 7) is 2.09. The van der Waals surface area contributed by atoms with Crippen LogP contribution in [0.25, 0.3) is 10.2 Å². The van der Waals surface area contributed by atoms with Crippen molar-refractivity contribution in [1.29, 1.82) is 0 Å². The molecule has 1 atom stereocenters. The third-order valence-corrected chi connectivity index (χ3v) is 4.08. The molecule has 0 aromatic carbocycles. The number of hydrogen-bond acceptors (Lipinski definition) is 5. The SMILES string of the molecule is c1nc(NCC2CCCCN2)c2sccc2n1. The lowest BCUT2D eigenvalue weighted by Crippen LogP contribution is -2.39. The molecule has 0 amide bonds. The summed E-state index contributed by atoms with van der Waals surface area (Å²) in [6.07, 6.45) is 5.52. The van der Waals surface area contributed by atoms with E-state index in [0.29, 0.717) is 6.04 Å². The van der Waals surface area contributed by atoms with Crippen molar-refractivity contribution in [2.24, 2.45) is 0 Å². The maximum absolute atomic E-state index is 4.32. The van der Waals surface area contributed by atoms with Crippen LogP contribution in [0, 0.1) is 0 Å². The minimum absolute atomic E-state index is 0.578. The second kappa shape index (κ2) is 4.98. The van der Waals surface area contributed by atoms with E-state index < -0.39 is 0 Å². The zero-order valence-corrected chi connectivity index (χ0v) is 10.5. The van der Waals surface area contributed by atoms with Crippen LogP contribution in [-0.4, -0.2) is 29.1 Å². The molecule has 5 heteroatoms. The van der Waals surface area contributed by atoms with Gasteiger partial charge in [0.25, 0.3) is 0 Å². The molecule has 3 heterocycles. The van der Waals surface area contributed by atoms with Gasteiger partial charge in [-0.1, -0.05) is 6.42 Å². The van der Waals surface area contributed by atoms with Crippen molar-refractivity contribution in [1.82, 2.24) is 15.3 Å². The van der Waals surface area contributed by atoms with Gasteiger partial charge in [-0.05, 0) is 30.8 Å². The first kappa shape index (κ1) is 10.9. The van der Waals surface area contributed by atoms with Crippen molar-refractivity contribution in [3.8, 4) is 0 Å². The Bertz CT molecular complexity index is 490. The first-order chi connectivity index (χ1) is 8.43. The fraction of sp³-hybridized carbons (Fsp3) is 0.500. The predicted molar refractivity (Wildman–Crippen MR) is 71.5 cm³/mol. The second-order valence-electron chi connectivity index (χ2n) is 4.38. The summed E-state index contributed by atoms with van der Waals surface area (Å²) >= 11 is 1.69. The van der Waals surface area contributed by atoms with Crippen LogP contribution in [0.3, 0.4) is 0 Å². The van der Waals surface area contributed by atoms with E-state index in [1.807, 2.05) is 6.07 Å². The molecule has 4 nitrogen and oxygen atoms in total. The van der Waals surface area contributed by atoms with E-state index in [9.17, 15) is 0 Å². The minimum Gasteiger partial charge on any atom is -0.367 e. The zero-order valence-electron chi connectivity index (χ0n) is 9.65. The minimum atomic E-state index is 0.578. The van der Waals surface area contributed by atoms with Gasteiger partial charge in [-0.15, -0.1) is 11.3 Å². The van der Waals surface area contributed by atoms with Crippen LogP contribution in [0.15, 0.2) is 17.8 Å². The maximum Gasteiger partial charge on any atom is 0.147 e. The molecule has 1 unspecified atom stereocenters. The van der Waals surface area contributed by atoms with E-state index in [2.05, 4.69) is 26.0 Å². The summed E-state index contributed by atoms with van der Waals surface area (Å²) in [4.78, 5) is 8.56. The molecule has 1 aliphatic rings. The smallest absolute Gasteiger partial charge is 0.147 e.